The number of hydrogen-bond donors (Lipinski definition) is 0. The standard InChI is InChI=1S/C14H10Cl2N4S/c1-21-14-19-18-13(9-3-2-6-17-8-9)20(14)10-4-5-11(15)12(16)7-10/h2-8H,1H3. The van der Waals surface area contributed by atoms with Crippen LogP contribution in [0, 0.1) is 0 Å². The topological polar surface area (TPSA) is 43.6 Å². The molecule has 0 saturated carbocycles. The van der Waals surface area contributed by atoms with Crippen molar-refractivity contribution in [2.75, 3.05) is 6.26 Å². The Labute approximate surface area is 136 Å². The number of benzene rings is 1. The van der Waals surface area contributed by atoms with E-state index in [-0.39, 0.29) is 0 Å². The van der Waals surface area contributed by atoms with Gasteiger partial charge in [0.2, 0.25) is 0 Å². The number of nitrogens with zero attached hydrogens (tertiary/aromatic N) is 4. The predicted octanol–water partition coefficient (Wildman–Crippen LogP) is 4.36. The van der Waals surface area contributed by atoms with Gasteiger partial charge < -0.3 is 0 Å². The van der Waals surface area contributed by atoms with E-state index in [0.717, 1.165) is 16.4 Å². The van der Waals surface area contributed by atoms with E-state index in [9.17, 15) is 0 Å². The van der Waals surface area contributed by atoms with Gasteiger partial charge in [0.1, 0.15) is 0 Å². The van der Waals surface area contributed by atoms with Crippen molar-refractivity contribution in [3.63, 3.8) is 0 Å². The molecule has 7 heteroatoms. The Morgan fingerprint density at radius 3 is 2.62 bits per heavy atom. The summed E-state index contributed by atoms with van der Waals surface area (Å²) in [5.41, 5.74) is 1.74. The van der Waals surface area contributed by atoms with Crippen molar-refractivity contribution in [1.29, 1.82) is 0 Å². The fourth-order valence-corrected chi connectivity index (χ4v) is 2.73. The number of thioether (sulfide) groups is 1. The molecular weight excluding hydrogens is 327 g/mol. The summed E-state index contributed by atoms with van der Waals surface area (Å²) < 4.78 is 1.93. The van der Waals surface area contributed by atoms with Crippen LogP contribution < -0.4 is 0 Å². The summed E-state index contributed by atoms with van der Waals surface area (Å²) in [6.07, 6.45) is 5.42. The van der Waals surface area contributed by atoms with Crippen LogP contribution in [0.1, 0.15) is 0 Å². The van der Waals surface area contributed by atoms with Gasteiger partial charge in [0.05, 0.1) is 15.7 Å². The highest BCUT2D eigenvalue weighted by Gasteiger charge is 2.15. The smallest absolute Gasteiger partial charge is 0.195 e. The first-order chi connectivity index (χ1) is 10.2. The number of aromatic nitrogens is 4. The summed E-state index contributed by atoms with van der Waals surface area (Å²) >= 11 is 13.6. The lowest BCUT2D eigenvalue weighted by molar-refractivity contribution is 0.889. The van der Waals surface area contributed by atoms with Crippen molar-refractivity contribution < 1.29 is 0 Å². The van der Waals surface area contributed by atoms with Crippen LogP contribution in [0.3, 0.4) is 0 Å². The lowest BCUT2D eigenvalue weighted by Gasteiger charge is -2.10. The molecule has 2 aromatic heterocycles. The van der Waals surface area contributed by atoms with Crippen molar-refractivity contribution in [1.82, 2.24) is 19.7 Å². The van der Waals surface area contributed by atoms with E-state index in [1.54, 1.807) is 24.5 Å². The molecule has 0 amide bonds. The average Bonchev–Trinajstić information content (AvgIpc) is 2.95. The van der Waals surface area contributed by atoms with Gasteiger partial charge in [-0.25, -0.2) is 0 Å². The summed E-state index contributed by atoms with van der Waals surface area (Å²) in [4.78, 5) is 4.13. The fourth-order valence-electron chi connectivity index (χ4n) is 1.94. The van der Waals surface area contributed by atoms with Crippen LogP contribution in [0.15, 0.2) is 47.9 Å². The molecular formula is C14H10Cl2N4S. The lowest BCUT2D eigenvalue weighted by Crippen LogP contribution is -1.99. The van der Waals surface area contributed by atoms with Crippen LogP contribution in [0.25, 0.3) is 17.1 Å². The molecule has 0 aliphatic rings. The average molecular weight is 337 g/mol. The molecule has 0 aliphatic heterocycles. The zero-order valence-electron chi connectivity index (χ0n) is 11.0. The van der Waals surface area contributed by atoms with E-state index >= 15 is 0 Å². The molecule has 3 aromatic rings. The van der Waals surface area contributed by atoms with Crippen LogP contribution in [-0.4, -0.2) is 26.0 Å². The molecule has 0 N–H and O–H groups in total. The largest absolute Gasteiger partial charge is 0.270 e. The van der Waals surface area contributed by atoms with Crippen LogP contribution in [0.5, 0.6) is 0 Å². The van der Waals surface area contributed by atoms with Gasteiger partial charge in [-0.15, -0.1) is 10.2 Å². The zero-order valence-corrected chi connectivity index (χ0v) is 13.3. The summed E-state index contributed by atoms with van der Waals surface area (Å²) in [7, 11) is 0. The summed E-state index contributed by atoms with van der Waals surface area (Å²) in [6, 6.07) is 9.25. The van der Waals surface area contributed by atoms with Crippen LogP contribution in [0.2, 0.25) is 10.0 Å². The first-order valence-electron chi connectivity index (χ1n) is 6.06. The van der Waals surface area contributed by atoms with Gasteiger partial charge in [-0.05, 0) is 36.6 Å². The van der Waals surface area contributed by atoms with E-state index < -0.39 is 0 Å². The maximum Gasteiger partial charge on any atom is 0.195 e. The third-order valence-corrected chi connectivity index (χ3v) is 4.27. The minimum absolute atomic E-state index is 0.493. The minimum atomic E-state index is 0.493. The fraction of sp³-hybridized carbons (Fsp3) is 0.0714. The van der Waals surface area contributed by atoms with Gasteiger partial charge in [-0.1, -0.05) is 35.0 Å². The molecule has 0 bridgehead atoms. The first-order valence-corrected chi connectivity index (χ1v) is 8.04. The van der Waals surface area contributed by atoms with Gasteiger partial charge in [0, 0.05) is 18.0 Å². The highest BCUT2D eigenvalue weighted by atomic mass is 35.5. The number of pyridine rings is 1. The van der Waals surface area contributed by atoms with Crippen LogP contribution >= 0.6 is 35.0 Å². The van der Waals surface area contributed by atoms with E-state index in [4.69, 9.17) is 23.2 Å². The Morgan fingerprint density at radius 2 is 1.95 bits per heavy atom. The highest BCUT2D eigenvalue weighted by molar-refractivity contribution is 7.98. The van der Waals surface area contributed by atoms with Gasteiger partial charge in [-0.2, -0.15) is 0 Å². The van der Waals surface area contributed by atoms with Gasteiger partial charge in [0.15, 0.2) is 11.0 Å². The van der Waals surface area contributed by atoms with E-state index in [1.165, 1.54) is 11.8 Å². The Kier molecular flexibility index (Phi) is 4.14. The Hall–Kier alpha value is -1.56. The molecule has 0 unspecified atom stereocenters. The number of rotatable bonds is 3. The van der Waals surface area contributed by atoms with Crippen molar-refractivity contribution in [3.8, 4) is 17.1 Å². The monoisotopic (exact) mass is 336 g/mol. The number of halogens is 2. The Morgan fingerprint density at radius 1 is 1.10 bits per heavy atom. The third kappa shape index (κ3) is 2.77. The van der Waals surface area contributed by atoms with E-state index in [2.05, 4.69) is 15.2 Å². The summed E-state index contributed by atoms with van der Waals surface area (Å²) in [5.74, 6) is 0.714. The Bertz CT molecular complexity index is 774. The van der Waals surface area contributed by atoms with Crippen molar-refractivity contribution >= 4 is 35.0 Å². The maximum atomic E-state index is 6.12. The second-order valence-corrected chi connectivity index (χ2v) is 5.77. The third-order valence-electron chi connectivity index (χ3n) is 2.90. The van der Waals surface area contributed by atoms with Crippen LogP contribution in [0.4, 0.5) is 0 Å². The molecule has 0 radical (unpaired) electrons. The molecule has 2 heterocycles. The second kappa shape index (κ2) is 6.05. The quantitative estimate of drug-likeness (QED) is 0.666. The first kappa shape index (κ1) is 14.4. The predicted molar refractivity (Wildman–Crippen MR) is 86.4 cm³/mol. The molecule has 0 atom stereocenters. The molecule has 0 spiro atoms. The molecule has 0 fully saturated rings. The maximum absolute atomic E-state index is 6.12. The lowest BCUT2D eigenvalue weighted by atomic mass is 10.2. The molecule has 4 nitrogen and oxygen atoms in total. The Balaban J connectivity index is 2.21. The van der Waals surface area contributed by atoms with Crippen molar-refractivity contribution in [2.45, 2.75) is 5.16 Å². The van der Waals surface area contributed by atoms with Crippen molar-refractivity contribution in [3.05, 3.63) is 52.8 Å². The summed E-state index contributed by atoms with van der Waals surface area (Å²) in [5, 5.41) is 10.3. The van der Waals surface area contributed by atoms with Crippen LogP contribution in [-0.2, 0) is 0 Å². The van der Waals surface area contributed by atoms with E-state index in [1.807, 2.05) is 29.0 Å². The van der Waals surface area contributed by atoms with Gasteiger partial charge >= 0.3 is 0 Å². The van der Waals surface area contributed by atoms with Gasteiger partial charge in [-0.3, -0.25) is 9.55 Å². The SMILES string of the molecule is CSc1nnc(-c2cccnc2)n1-c1ccc(Cl)c(Cl)c1. The summed E-state index contributed by atoms with van der Waals surface area (Å²) in [6.45, 7) is 0. The zero-order chi connectivity index (χ0) is 14.8. The molecule has 0 saturated heterocycles. The van der Waals surface area contributed by atoms with Crippen molar-refractivity contribution in [2.24, 2.45) is 0 Å². The molecule has 106 valence electrons. The normalized spacial score (nSPS) is 10.8. The molecule has 21 heavy (non-hydrogen) atoms. The molecule has 3 rings (SSSR count). The molecule has 1 aromatic carbocycles. The van der Waals surface area contributed by atoms with E-state index in [0.29, 0.717) is 15.9 Å². The van der Waals surface area contributed by atoms with Gasteiger partial charge in [0.25, 0.3) is 0 Å². The molecule has 0 aliphatic carbocycles. The number of hydrogen-bond acceptors (Lipinski definition) is 4. The highest BCUT2D eigenvalue weighted by Crippen LogP contribution is 2.30. The second-order valence-electron chi connectivity index (χ2n) is 4.19. The minimum Gasteiger partial charge on any atom is -0.270 e.